The summed E-state index contributed by atoms with van der Waals surface area (Å²) in [4.78, 5) is 7.87. The summed E-state index contributed by atoms with van der Waals surface area (Å²) in [7, 11) is 0. The van der Waals surface area contributed by atoms with Gasteiger partial charge in [-0.15, -0.1) is 0 Å². The lowest BCUT2D eigenvalue weighted by Crippen LogP contribution is -1.82. The third kappa shape index (κ3) is 3.05. The molecule has 0 saturated carbocycles. The molecule has 0 amide bonds. The molecule has 0 atom stereocenters. The lowest BCUT2D eigenvalue weighted by atomic mass is 10.2. The van der Waals surface area contributed by atoms with E-state index in [0.29, 0.717) is 5.15 Å². The summed E-state index contributed by atoms with van der Waals surface area (Å²) in [5.74, 6) is 0. The Labute approximate surface area is 104 Å². The van der Waals surface area contributed by atoms with Crippen molar-refractivity contribution in [2.75, 3.05) is 0 Å². The summed E-state index contributed by atoms with van der Waals surface area (Å²) in [6.45, 7) is 0. The van der Waals surface area contributed by atoms with Gasteiger partial charge in [0.2, 0.25) is 0 Å². The van der Waals surface area contributed by atoms with E-state index in [1.807, 2.05) is 36.4 Å². The molecule has 2 nitrogen and oxygen atoms in total. The zero-order chi connectivity index (χ0) is 11.4. The number of aromatic nitrogens is 2. The third-order valence-electron chi connectivity index (χ3n) is 1.97. The molecule has 0 saturated heterocycles. The highest BCUT2D eigenvalue weighted by Gasteiger charge is 1.92. The van der Waals surface area contributed by atoms with Gasteiger partial charge in [-0.05, 0) is 23.8 Å². The maximum atomic E-state index is 5.79. The number of hydrogen-bond acceptors (Lipinski definition) is 2. The van der Waals surface area contributed by atoms with Gasteiger partial charge in [0.25, 0.3) is 0 Å². The van der Waals surface area contributed by atoms with Crippen LogP contribution in [-0.2, 0) is 0 Å². The van der Waals surface area contributed by atoms with Crippen molar-refractivity contribution in [1.29, 1.82) is 0 Å². The maximum Gasteiger partial charge on any atom is 0.133 e. The molecule has 0 aliphatic carbocycles. The molecule has 1 aromatic carbocycles. The minimum absolute atomic E-state index is 0.436. The van der Waals surface area contributed by atoms with Gasteiger partial charge in [0, 0.05) is 11.1 Å². The predicted molar refractivity (Wildman–Crippen MR) is 67.4 cm³/mol. The molecule has 2 aromatic rings. The first kappa shape index (κ1) is 11.1. The highest BCUT2D eigenvalue weighted by molar-refractivity contribution is 6.30. The van der Waals surface area contributed by atoms with E-state index >= 15 is 0 Å². The van der Waals surface area contributed by atoms with E-state index in [1.165, 1.54) is 6.33 Å². The molecule has 1 heterocycles. The van der Waals surface area contributed by atoms with Crippen LogP contribution in [0.3, 0.4) is 0 Å². The van der Waals surface area contributed by atoms with E-state index in [9.17, 15) is 0 Å². The van der Waals surface area contributed by atoms with E-state index in [-0.39, 0.29) is 0 Å². The molecule has 0 aliphatic rings. The molecule has 0 N–H and O–H groups in total. The van der Waals surface area contributed by atoms with Gasteiger partial charge in [0.05, 0.1) is 5.69 Å². The molecule has 0 aliphatic heterocycles. The Morgan fingerprint density at radius 2 is 1.69 bits per heavy atom. The second-order valence-corrected chi connectivity index (χ2v) is 3.97. The summed E-state index contributed by atoms with van der Waals surface area (Å²) >= 11 is 11.5. The SMILES string of the molecule is Clc1ccc(/C=C/c2cc(Cl)ncn2)cc1. The first-order chi connectivity index (χ1) is 7.74. The quantitative estimate of drug-likeness (QED) is 0.755. The average molecular weight is 251 g/mol. The minimum atomic E-state index is 0.436. The molecule has 0 spiro atoms. The Morgan fingerprint density at radius 3 is 2.38 bits per heavy atom. The second-order valence-electron chi connectivity index (χ2n) is 3.15. The van der Waals surface area contributed by atoms with Crippen molar-refractivity contribution in [1.82, 2.24) is 9.97 Å². The minimum Gasteiger partial charge on any atom is -0.237 e. The third-order valence-corrected chi connectivity index (χ3v) is 2.43. The van der Waals surface area contributed by atoms with E-state index in [0.717, 1.165) is 16.3 Å². The van der Waals surface area contributed by atoms with Gasteiger partial charge < -0.3 is 0 Å². The summed E-state index contributed by atoms with van der Waals surface area (Å²) in [5, 5.41) is 1.16. The topological polar surface area (TPSA) is 25.8 Å². The average Bonchev–Trinajstić information content (AvgIpc) is 2.28. The number of nitrogens with zero attached hydrogens (tertiary/aromatic N) is 2. The standard InChI is InChI=1S/C12H8Cl2N2/c13-10-4-1-9(2-5-10)3-6-11-7-12(14)16-8-15-11/h1-8H/b6-3+. The van der Waals surface area contributed by atoms with Crippen LogP contribution in [-0.4, -0.2) is 9.97 Å². The van der Waals surface area contributed by atoms with Crippen LogP contribution in [0.2, 0.25) is 10.2 Å². The molecule has 80 valence electrons. The van der Waals surface area contributed by atoms with Crippen molar-refractivity contribution >= 4 is 35.4 Å². The van der Waals surface area contributed by atoms with Crippen LogP contribution in [0, 0.1) is 0 Å². The zero-order valence-corrected chi connectivity index (χ0v) is 9.78. The number of hydrogen-bond donors (Lipinski definition) is 0. The lowest BCUT2D eigenvalue weighted by molar-refractivity contribution is 1.15. The van der Waals surface area contributed by atoms with E-state index in [2.05, 4.69) is 9.97 Å². The Kier molecular flexibility index (Phi) is 3.54. The monoisotopic (exact) mass is 250 g/mol. The lowest BCUT2D eigenvalue weighted by Gasteiger charge is -1.94. The molecule has 4 heteroatoms. The van der Waals surface area contributed by atoms with E-state index < -0.39 is 0 Å². The highest BCUT2D eigenvalue weighted by Crippen LogP contribution is 2.12. The zero-order valence-electron chi connectivity index (χ0n) is 8.27. The van der Waals surface area contributed by atoms with Crippen LogP contribution in [0.4, 0.5) is 0 Å². The van der Waals surface area contributed by atoms with Gasteiger partial charge >= 0.3 is 0 Å². The molecule has 0 unspecified atom stereocenters. The number of benzene rings is 1. The van der Waals surface area contributed by atoms with Crippen molar-refractivity contribution in [3.8, 4) is 0 Å². The number of rotatable bonds is 2. The fourth-order valence-corrected chi connectivity index (χ4v) is 1.48. The van der Waals surface area contributed by atoms with Gasteiger partial charge in [-0.2, -0.15) is 0 Å². The normalized spacial score (nSPS) is 10.9. The molecular weight excluding hydrogens is 243 g/mol. The van der Waals surface area contributed by atoms with Gasteiger partial charge in [-0.25, -0.2) is 9.97 Å². The molecule has 16 heavy (non-hydrogen) atoms. The molecule has 2 rings (SSSR count). The van der Waals surface area contributed by atoms with Gasteiger partial charge in [-0.3, -0.25) is 0 Å². The van der Waals surface area contributed by atoms with Gasteiger partial charge in [-0.1, -0.05) is 41.4 Å². The second kappa shape index (κ2) is 5.10. The van der Waals surface area contributed by atoms with Crippen LogP contribution in [0.5, 0.6) is 0 Å². The Balaban J connectivity index is 2.18. The Morgan fingerprint density at radius 1 is 0.938 bits per heavy atom. The van der Waals surface area contributed by atoms with Crippen LogP contribution < -0.4 is 0 Å². The molecule has 0 fully saturated rings. The van der Waals surface area contributed by atoms with Crippen molar-refractivity contribution in [3.63, 3.8) is 0 Å². The molecule has 0 bridgehead atoms. The molecule has 1 aromatic heterocycles. The fourth-order valence-electron chi connectivity index (χ4n) is 1.19. The van der Waals surface area contributed by atoms with Crippen molar-refractivity contribution in [2.24, 2.45) is 0 Å². The predicted octanol–water partition coefficient (Wildman–Crippen LogP) is 3.95. The maximum absolute atomic E-state index is 5.79. The first-order valence-corrected chi connectivity index (χ1v) is 5.41. The summed E-state index contributed by atoms with van der Waals surface area (Å²) in [6, 6.07) is 9.25. The van der Waals surface area contributed by atoms with E-state index in [4.69, 9.17) is 23.2 Å². The van der Waals surface area contributed by atoms with Crippen LogP contribution in [0.15, 0.2) is 36.7 Å². The Hall–Kier alpha value is -1.38. The Bertz CT molecular complexity index is 507. The van der Waals surface area contributed by atoms with Gasteiger partial charge in [0.15, 0.2) is 0 Å². The van der Waals surface area contributed by atoms with Crippen molar-refractivity contribution in [3.05, 3.63) is 58.1 Å². The van der Waals surface area contributed by atoms with Crippen LogP contribution >= 0.6 is 23.2 Å². The van der Waals surface area contributed by atoms with Crippen LogP contribution in [0.25, 0.3) is 12.2 Å². The fraction of sp³-hybridized carbons (Fsp3) is 0. The molecular formula is C12H8Cl2N2. The van der Waals surface area contributed by atoms with Crippen molar-refractivity contribution in [2.45, 2.75) is 0 Å². The van der Waals surface area contributed by atoms with Crippen molar-refractivity contribution < 1.29 is 0 Å². The largest absolute Gasteiger partial charge is 0.237 e. The smallest absolute Gasteiger partial charge is 0.133 e. The number of halogens is 2. The van der Waals surface area contributed by atoms with Gasteiger partial charge in [0.1, 0.15) is 11.5 Å². The summed E-state index contributed by atoms with van der Waals surface area (Å²) < 4.78 is 0. The van der Waals surface area contributed by atoms with E-state index in [1.54, 1.807) is 6.07 Å². The first-order valence-electron chi connectivity index (χ1n) is 4.65. The summed E-state index contributed by atoms with van der Waals surface area (Å²) in [5.41, 5.74) is 1.83. The van der Waals surface area contributed by atoms with Crippen LogP contribution in [0.1, 0.15) is 11.3 Å². The highest BCUT2D eigenvalue weighted by atomic mass is 35.5. The summed E-state index contributed by atoms with van der Waals surface area (Å²) in [6.07, 6.45) is 5.25. The molecule has 0 radical (unpaired) electrons.